The third kappa shape index (κ3) is 4.18. The minimum absolute atomic E-state index is 0.0191. The van der Waals surface area contributed by atoms with Gasteiger partial charge in [0.2, 0.25) is 0 Å². The van der Waals surface area contributed by atoms with Crippen LogP contribution in [-0.4, -0.2) is 72.4 Å². The second kappa shape index (κ2) is 9.34. The van der Waals surface area contributed by atoms with Crippen molar-refractivity contribution >= 4 is 34.9 Å². The number of Topliss-reactive ketones (excluding diaryl/α,β-unsaturated/α-hetero) is 1. The van der Waals surface area contributed by atoms with Crippen LogP contribution in [0.25, 0.3) is 0 Å². The van der Waals surface area contributed by atoms with Crippen molar-refractivity contribution in [1.29, 1.82) is 0 Å². The van der Waals surface area contributed by atoms with Crippen LogP contribution in [0.1, 0.15) is 37.3 Å². The molecule has 0 N–H and O–H groups in total. The molecular formula is C24H28Cl2N2O4. The fourth-order valence-corrected chi connectivity index (χ4v) is 5.82. The molecule has 1 aromatic carbocycles. The van der Waals surface area contributed by atoms with Crippen molar-refractivity contribution in [3.8, 4) is 0 Å². The third-order valence-corrected chi connectivity index (χ3v) is 7.69. The van der Waals surface area contributed by atoms with Crippen molar-refractivity contribution in [2.75, 3.05) is 39.4 Å². The van der Waals surface area contributed by atoms with Gasteiger partial charge in [0.1, 0.15) is 6.10 Å². The van der Waals surface area contributed by atoms with E-state index in [1.54, 1.807) is 12.1 Å². The number of benzene rings is 1. The monoisotopic (exact) mass is 478 g/mol. The molecule has 1 amide bonds. The maximum Gasteiger partial charge on any atom is 0.290 e. The lowest BCUT2D eigenvalue weighted by Gasteiger charge is -2.37. The highest BCUT2D eigenvalue weighted by atomic mass is 35.5. The van der Waals surface area contributed by atoms with Gasteiger partial charge in [-0.2, -0.15) is 0 Å². The van der Waals surface area contributed by atoms with Gasteiger partial charge in [0.15, 0.2) is 11.5 Å². The Hall–Kier alpha value is -1.60. The number of hydrogen-bond acceptors (Lipinski definition) is 5. The number of halogens is 2. The van der Waals surface area contributed by atoms with Crippen LogP contribution in [0, 0.1) is 5.92 Å². The maximum atomic E-state index is 13.6. The number of morpholine rings is 1. The summed E-state index contributed by atoms with van der Waals surface area (Å²) in [6.45, 7) is 4.76. The zero-order chi connectivity index (χ0) is 22.2. The van der Waals surface area contributed by atoms with Gasteiger partial charge >= 0.3 is 0 Å². The maximum absolute atomic E-state index is 13.6. The first-order valence-electron chi connectivity index (χ1n) is 11.5. The van der Waals surface area contributed by atoms with Crippen molar-refractivity contribution in [2.24, 2.45) is 5.92 Å². The van der Waals surface area contributed by atoms with Gasteiger partial charge in [0.25, 0.3) is 5.91 Å². The van der Waals surface area contributed by atoms with Crippen molar-refractivity contribution in [3.05, 3.63) is 46.2 Å². The Balaban J connectivity index is 1.41. The summed E-state index contributed by atoms with van der Waals surface area (Å²) in [5, 5.41) is 0.594. The van der Waals surface area contributed by atoms with Gasteiger partial charge in [-0.15, -0.1) is 11.6 Å². The molecule has 0 radical (unpaired) electrons. The lowest BCUT2D eigenvalue weighted by atomic mass is 9.77. The number of amides is 1. The summed E-state index contributed by atoms with van der Waals surface area (Å²) in [6, 6.07) is 6.96. The highest BCUT2D eigenvalue weighted by molar-refractivity contribution is 6.30. The van der Waals surface area contributed by atoms with E-state index in [0.29, 0.717) is 30.0 Å². The van der Waals surface area contributed by atoms with Crippen LogP contribution in [0.4, 0.5) is 0 Å². The summed E-state index contributed by atoms with van der Waals surface area (Å²) >= 11 is 12.5. The SMILES string of the molecule is O=C1C2=C(OC3CCC(Cl)CC13)C(=O)N(CCCN1CCOCC1)C2c1ccc(Cl)cc1. The molecule has 8 heteroatoms. The Kier molecular flexibility index (Phi) is 6.48. The predicted octanol–water partition coefficient (Wildman–Crippen LogP) is 3.58. The highest BCUT2D eigenvalue weighted by Crippen LogP contribution is 2.47. The first-order chi connectivity index (χ1) is 15.5. The predicted molar refractivity (Wildman–Crippen MR) is 122 cm³/mol. The van der Waals surface area contributed by atoms with Gasteiger partial charge in [-0.25, -0.2) is 0 Å². The summed E-state index contributed by atoms with van der Waals surface area (Å²) < 4.78 is 11.6. The van der Waals surface area contributed by atoms with Crippen LogP contribution in [0.15, 0.2) is 35.6 Å². The fourth-order valence-electron chi connectivity index (χ4n) is 5.37. The van der Waals surface area contributed by atoms with Gasteiger partial charge in [-0.1, -0.05) is 23.7 Å². The van der Waals surface area contributed by atoms with Crippen LogP contribution in [-0.2, 0) is 19.1 Å². The lowest BCUT2D eigenvalue weighted by Crippen LogP contribution is -2.41. The summed E-state index contributed by atoms with van der Waals surface area (Å²) in [6.07, 6.45) is 2.68. The quantitative estimate of drug-likeness (QED) is 0.605. The molecule has 172 valence electrons. The molecule has 3 heterocycles. The summed E-state index contributed by atoms with van der Waals surface area (Å²) in [5.41, 5.74) is 1.38. The zero-order valence-electron chi connectivity index (χ0n) is 18.0. The van der Waals surface area contributed by atoms with Crippen molar-refractivity contribution in [3.63, 3.8) is 0 Å². The van der Waals surface area contributed by atoms with E-state index in [2.05, 4.69) is 4.90 Å². The number of fused-ring (bicyclic) bond motifs is 1. The number of rotatable bonds is 5. The van der Waals surface area contributed by atoms with Gasteiger partial charge in [-0.05, 0) is 43.4 Å². The molecule has 0 aromatic heterocycles. The lowest BCUT2D eigenvalue weighted by molar-refractivity contribution is -0.135. The Morgan fingerprint density at radius 3 is 2.53 bits per heavy atom. The van der Waals surface area contributed by atoms with Crippen LogP contribution >= 0.6 is 23.2 Å². The average molecular weight is 479 g/mol. The van der Waals surface area contributed by atoms with Crippen LogP contribution in [0.2, 0.25) is 5.02 Å². The molecule has 0 bridgehead atoms. The average Bonchev–Trinajstić information content (AvgIpc) is 3.08. The summed E-state index contributed by atoms with van der Waals surface area (Å²) in [5.74, 6) is -0.191. The molecule has 5 rings (SSSR count). The number of carbonyl (C=O) groups is 2. The van der Waals surface area contributed by atoms with Crippen LogP contribution in [0.3, 0.4) is 0 Å². The van der Waals surface area contributed by atoms with E-state index in [9.17, 15) is 9.59 Å². The Labute approximate surface area is 198 Å². The van der Waals surface area contributed by atoms with Crippen LogP contribution < -0.4 is 0 Å². The molecule has 4 aliphatic rings. The van der Waals surface area contributed by atoms with E-state index < -0.39 is 6.04 Å². The first-order valence-corrected chi connectivity index (χ1v) is 12.3. The molecule has 1 saturated heterocycles. The first kappa shape index (κ1) is 22.2. The highest BCUT2D eigenvalue weighted by Gasteiger charge is 2.52. The number of hydrogen-bond donors (Lipinski definition) is 0. The molecule has 32 heavy (non-hydrogen) atoms. The van der Waals surface area contributed by atoms with Gasteiger partial charge < -0.3 is 14.4 Å². The van der Waals surface area contributed by atoms with Crippen molar-refractivity contribution in [1.82, 2.24) is 9.80 Å². The standard InChI is InChI=1S/C24H28Cl2N2O4/c25-16-4-2-15(3-5-16)21-20-22(29)18-14-17(26)6-7-19(18)32-23(20)24(30)28(21)9-1-8-27-10-12-31-13-11-27/h2-5,17-19,21H,1,6-14H2. The molecule has 4 unspecified atom stereocenters. The normalized spacial score (nSPS) is 30.9. The molecule has 1 saturated carbocycles. The Morgan fingerprint density at radius 1 is 1.03 bits per heavy atom. The number of ketones is 1. The minimum Gasteiger partial charge on any atom is -0.483 e. The third-order valence-electron chi connectivity index (χ3n) is 7.04. The zero-order valence-corrected chi connectivity index (χ0v) is 19.5. The van der Waals surface area contributed by atoms with Gasteiger partial charge in [0.05, 0.1) is 30.7 Å². The molecular weight excluding hydrogens is 451 g/mol. The molecule has 2 fully saturated rings. The molecule has 0 spiro atoms. The van der Waals surface area contributed by atoms with Gasteiger partial charge in [-0.3, -0.25) is 14.5 Å². The molecule has 6 nitrogen and oxygen atoms in total. The van der Waals surface area contributed by atoms with E-state index in [-0.39, 0.29) is 34.8 Å². The van der Waals surface area contributed by atoms with E-state index in [1.165, 1.54) is 0 Å². The van der Waals surface area contributed by atoms with E-state index in [1.807, 2.05) is 17.0 Å². The Bertz CT molecular complexity index is 913. The van der Waals surface area contributed by atoms with E-state index >= 15 is 0 Å². The summed E-state index contributed by atoms with van der Waals surface area (Å²) in [4.78, 5) is 31.2. The van der Waals surface area contributed by atoms with Crippen LogP contribution in [0.5, 0.6) is 0 Å². The Morgan fingerprint density at radius 2 is 1.78 bits per heavy atom. The topological polar surface area (TPSA) is 59.1 Å². The molecule has 1 aromatic rings. The number of alkyl halides is 1. The van der Waals surface area contributed by atoms with Crippen molar-refractivity contribution < 1.29 is 19.1 Å². The summed E-state index contributed by atoms with van der Waals surface area (Å²) in [7, 11) is 0. The largest absolute Gasteiger partial charge is 0.483 e. The minimum atomic E-state index is -0.441. The molecule has 1 aliphatic carbocycles. The second-order valence-electron chi connectivity index (χ2n) is 9.04. The molecule has 3 aliphatic heterocycles. The second-order valence-corrected chi connectivity index (χ2v) is 10.1. The number of carbonyl (C=O) groups excluding carboxylic acids is 2. The van der Waals surface area contributed by atoms with Crippen molar-refractivity contribution in [2.45, 2.75) is 43.2 Å². The van der Waals surface area contributed by atoms with E-state index in [0.717, 1.165) is 51.3 Å². The molecule has 4 atom stereocenters. The van der Waals surface area contributed by atoms with Gasteiger partial charge in [0, 0.05) is 36.6 Å². The fraction of sp³-hybridized carbons (Fsp3) is 0.583. The van der Waals surface area contributed by atoms with E-state index in [4.69, 9.17) is 32.7 Å². The smallest absolute Gasteiger partial charge is 0.290 e. The number of nitrogens with zero attached hydrogens (tertiary/aromatic N) is 2. The number of ether oxygens (including phenoxy) is 2.